The van der Waals surface area contributed by atoms with E-state index in [0.29, 0.717) is 0 Å². The van der Waals surface area contributed by atoms with E-state index in [2.05, 4.69) is 21.8 Å². The van der Waals surface area contributed by atoms with Crippen molar-refractivity contribution in [3.63, 3.8) is 0 Å². The van der Waals surface area contributed by atoms with Crippen LogP contribution in [0.2, 0.25) is 5.02 Å². The summed E-state index contributed by atoms with van der Waals surface area (Å²) in [5, 5.41) is 4.28. The third-order valence-corrected chi connectivity index (χ3v) is 4.09. The number of ether oxygens (including phenoxy) is 1. The summed E-state index contributed by atoms with van der Waals surface area (Å²) in [6.45, 7) is 3.74. The van der Waals surface area contributed by atoms with Crippen molar-refractivity contribution in [3.8, 4) is 5.75 Å². The standard InChI is InChI=1S/C16H20ClN3O/c1-3-18-14(16-19-5-6-20(16)2)10-12-9-13(17)8-11-4-7-21-15(11)12/h5-6,8-9,14,18H,3-4,7,10H2,1-2H3. The molecule has 3 rings (SSSR count). The van der Waals surface area contributed by atoms with Crippen molar-refractivity contribution < 1.29 is 4.74 Å². The van der Waals surface area contributed by atoms with Gasteiger partial charge >= 0.3 is 0 Å². The fourth-order valence-corrected chi connectivity index (χ4v) is 3.20. The zero-order chi connectivity index (χ0) is 14.8. The minimum absolute atomic E-state index is 0.154. The summed E-state index contributed by atoms with van der Waals surface area (Å²) in [7, 11) is 2.02. The lowest BCUT2D eigenvalue weighted by Crippen LogP contribution is -2.25. The maximum absolute atomic E-state index is 6.25. The highest BCUT2D eigenvalue weighted by molar-refractivity contribution is 6.30. The van der Waals surface area contributed by atoms with Crippen LogP contribution in [0.3, 0.4) is 0 Å². The molecule has 1 aliphatic rings. The largest absolute Gasteiger partial charge is 0.493 e. The lowest BCUT2D eigenvalue weighted by atomic mass is 10.0. The molecule has 1 unspecified atom stereocenters. The van der Waals surface area contributed by atoms with Crippen LogP contribution in [0, 0.1) is 0 Å². The first-order valence-corrected chi connectivity index (χ1v) is 7.71. The van der Waals surface area contributed by atoms with Gasteiger partial charge in [-0.1, -0.05) is 18.5 Å². The molecular formula is C16H20ClN3O. The number of nitrogens with zero attached hydrogens (tertiary/aromatic N) is 2. The molecule has 0 spiro atoms. The quantitative estimate of drug-likeness (QED) is 0.923. The third kappa shape index (κ3) is 2.92. The SMILES string of the molecule is CCNC(Cc1cc(Cl)cc2c1OCC2)c1nccn1C. The average Bonchev–Trinajstić information content (AvgIpc) is 3.06. The highest BCUT2D eigenvalue weighted by Crippen LogP contribution is 2.35. The average molecular weight is 306 g/mol. The van der Waals surface area contributed by atoms with Crippen LogP contribution in [0.4, 0.5) is 0 Å². The Labute approximate surface area is 130 Å². The van der Waals surface area contributed by atoms with Gasteiger partial charge in [-0.15, -0.1) is 0 Å². The van der Waals surface area contributed by atoms with Crippen molar-refractivity contribution in [1.82, 2.24) is 14.9 Å². The van der Waals surface area contributed by atoms with Crippen LogP contribution in [-0.2, 0) is 19.9 Å². The first-order chi connectivity index (χ1) is 10.2. The molecule has 0 bridgehead atoms. The molecule has 0 saturated heterocycles. The van der Waals surface area contributed by atoms with Crippen molar-refractivity contribution in [3.05, 3.63) is 46.5 Å². The number of hydrogen-bond acceptors (Lipinski definition) is 3. The second-order valence-electron chi connectivity index (χ2n) is 5.36. The number of imidazole rings is 1. The molecule has 5 heteroatoms. The zero-order valence-corrected chi connectivity index (χ0v) is 13.2. The number of nitrogens with one attached hydrogen (secondary N) is 1. The molecule has 2 heterocycles. The third-order valence-electron chi connectivity index (χ3n) is 3.87. The maximum atomic E-state index is 6.25. The van der Waals surface area contributed by atoms with Crippen molar-refractivity contribution in [1.29, 1.82) is 0 Å². The number of fused-ring (bicyclic) bond motifs is 1. The minimum Gasteiger partial charge on any atom is -0.493 e. The molecule has 1 N–H and O–H groups in total. The number of benzene rings is 1. The number of likely N-dealkylation sites (N-methyl/N-ethyl adjacent to an activating group) is 1. The molecule has 0 amide bonds. The van der Waals surface area contributed by atoms with Crippen molar-refractivity contribution in [2.45, 2.75) is 25.8 Å². The molecule has 1 aromatic carbocycles. The Morgan fingerprint density at radius 3 is 3.05 bits per heavy atom. The van der Waals surface area contributed by atoms with E-state index >= 15 is 0 Å². The predicted octanol–water partition coefficient (Wildman–Crippen LogP) is 2.90. The Balaban J connectivity index is 1.92. The molecule has 4 nitrogen and oxygen atoms in total. The van der Waals surface area contributed by atoms with Gasteiger partial charge in [-0.05, 0) is 36.2 Å². The van der Waals surface area contributed by atoms with Crippen molar-refractivity contribution >= 4 is 11.6 Å². The summed E-state index contributed by atoms with van der Waals surface area (Å²) in [6, 6.07) is 4.18. The van der Waals surface area contributed by atoms with Crippen LogP contribution in [0.1, 0.15) is 29.9 Å². The molecule has 1 atom stereocenters. The van der Waals surface area contributed by atoms with Crippen LogP contribution < -0.4 is 10.1 Å². The number of hydrogen-bond donors (Lipinski definition) is 1. The van der Waals surface area contributed by atoms with E-state index in [9.17, 15) is 0 Å². The van der Waals surface area contributed by atoms with Gasteiger partial charge in [0.15, 0.2) is 0 Å². The maximum Gasteiger partial charge on any atom is 0.125 e. The van der Waals surface area contributed by atoms with E-state index < -0.39 is 0 Å². The predicted molar refractivity (Wildman–Crippen MR) is 84.0 cm³/mol. The Kier molecular flexibility index (Phi) is 4.17. The monoisotopic (exact) mass is 305 g/mol. The number of halogens is 1. The summed E-state index contributed by atoms with van der Waals surface area (Å²) < 4.78 is 7.85. The summed E-state index contributed by atoms with van der Waals surface area (Å²) in [4.78, 5) is 4.47. The summed E-state index contributed by atoms with van der Waals surface area (Å²) in [5.41, 5.74) is 2.37. The summed E-state index contributed by atoms with van der Waals surface area (Å²) in [5.74, 6) is 2.04. The molecule has 0 radical (unpaired) electrons. The first kappa shape index (κ1) is 14.4. The van der Waals surface area contributed by atoms with E-state index in [-0.39, 0.29) is 6.04 Å². The van der Waals surface area contributed by atoms with Gasteiger partial charge in [-0.25, -0.2) is 4.98 Å². The van der Waals surface area contributed by atoms with Gasteiger partial charge in [0.05, 0.1) is 12.6 Å². The van der Waals surface area contributed by atoms with Crippen LogP contribution >= 0.6 is 11.6 Å². The minimum atomic E-state index is 0.154. The van der Waals surface area contributed by atoms with Gasteiger partial charge in [0.1, 0.15) is 11.6 Å². The van der Waals surface area contributed by atoms with E-state index in [1.165, 1.54) is 5.56 Å². The normalized spacial score (nSPS) is 14.8. The lowest BCUT2D eigenvalue weighted by Gasteiger charge is -2.19. The van der Waals surface area contributed by atoms with E-state index in [1.807, 2.05) is 31.6 Å². The molecular weight excluding hydrogens is 286 g/mol. The summed E-state index contributed by atoms with van der Waals surface area (Å²) in [6.07, 6.45) is 5.57. The lowest BCUT2D eigenvalue weighted by molar-refractivity contribution is 0.351. The van der Waals surface area contributed by atoms with Crippen LogP contribution in [0.25, 0.3) is 0 Å². The van der Waals surface area contributed by atoms with E-state index in [4.69, 9.17) is 16.3 Å². The van der Waals surface area contributed by atoms with Crippen molar-refractivity contribution in [2.75, 3.05) is 13.2 Å². The van der Waals surface area contributed by atoms with Crippen molar-refractivity contribution in [2.24, 2.45) is 7.05 Å². The second kappa shape index (κ2) is 6.08. The molecule has 0 fully saturated rings. The Morgan fingerprint density at radius 1 is 1.48 bits per heavy atom. The molecule has 1 aliphatic heterocycles. The van der Waals surface area contributed by atoms with Gasteiger partial charge in [0.25, 0.3) is 0 Å². The molecule has 0 aliphatic carbocycles. The van der Waals surface area contributed by atoms with Gasteiger partial charge in [-0.3, -0.25) is 0 Å². The smallest absolute Gasteiger partial charge is 0.125 e. The van der Waals surface area contributed by atoms with Crippen LogP contribution in [0.5, 0.6) is 5.75 Å². The Hall–Kier alpha value is -1.52. The number of aryl methyl sites for hydroxylation is 1. The van der Waals surface area contributed by atoms with E-state index in [0.717, 1.165) is 48.2 Å². The van der Waals surface area contributed by atoms with Crippen LogP contribution in [0.15, 0.2) is 24.5 Å². The highest BCUT2D eigenvalue weighted by atomic mass is 35.5. The molecule has 21 heavy (non-hydrogen) atoms. The van der Waals surface area contributed by atoms with Gasteiger partial charge < -0.3 is 14.6 Å². The molecule has 2 aromatic rings. The highest BCUT2D eigenvalue weighted by Gasteiger charge is 2.22. The molecule has 112 valence electrons. The Morgan fingerprint density at radius 2 is 2.33 bits per heavy atom. The van der Waals surface area contributed by atoms with Gasteiger partial charge in [-0.2, -0.15) is 0 Å². The van der Waals surface area contributed by atoms with Gasteiger partial charge in [0, 0.05) is 30.9 Å². The molecule has 1 aromatic heterocycles. The topological polar surface area (TPSA) is 39.1 Å². The second-order valence-corrected chi connectivity index (χ2v) is 5.80. The van der Waals surface area contributed by atoms with Crippen LogP contribution in [-0.4, -0.2) is 22.7 Å². The fourth-order valence-electron chi connectivity index (χ4n) is 2.93. The Bertz CT molecular complexity index is 638. The van der Waals surface area contributed by atoms with E-state index in [1.54, 1.807) is 0 Å². The van der Waals surface area contributed by atoms with Gasteiger partial charge in [0.2, 0.25) is 0 Å². The molecule has 0 saturated carbocycles. The fraction of sp³-hybridized carbons (Fsp3) is 0.438. The number of aromatic nitrogens is 2. The number of rotatable bonds is 5. The summed E-state index contributed by atoms with van der Waals surface area (Å²) >= 11 is 6.25. The zero-order valence-electron chi connectivity index (χ0n) is 12.4. The first-order valence-electron chi connectivity index (χ1n) is 7.33.